The van der Waals surface area contributed by atoms with Crippen LogP contribution in [0, 0.1) is 0 Å². The fraction of sp³-hybridized carbons (Fsp3) is 0.143. The van der Waals surface area contributed by atoms with Crippen LogP contribution >= 0.6 is 15.9 Å². The number of fused-ring (bicyclic) bond motifs is 1. The second-order valence-corrected chi connectivity index (χ2v) is 6.21. The molecule has 0 radical (unpaired) electrons. The molecule has 0 aromatic heterocycles. The Bertz CT molecular complexity index is 726. The van der Waals surface area contributed by atoms with Crippen LogP contribution in [0.25, 0.3) is 0 Å². The molecule has 1 aliphatic rings. The summed E-state index contributed by atoms with van der Waals surface area (Å²) in [4.78, 5) is 0. The number of hydrogen-bond donors (Lipinski definition) is 1. The van der Waals surface area contributed by atoms with E-state index in [0.717, 1.165) is 32.8 Å². The number of rotatable bonds is 4. The zero-order valence-corrected chi connectivity index (χ0v) is 14.1. The molecule has 0 spiro atoms. The van der Waals surface area contributed by atoms with E-state index in [9.17, 15) is 0 Å². The molecule has 0 fully saturated rings. The molecule has 1 aliphatic heterocycles. The van der Waals surface area contributed by atoms with Gasteiger partial charge in [-0.05, 0) is 0 Å². The van der Waals surface area contributed by atoms with E-state index in [0.29, 0.717) is 6.54 Å². The number of halogens is 1. The van der Waals surface area contributed by atoms with Crippen molar-refractivity contribution in [1.29, 1.82) is 0 Å². The Morgan fingerprint density at radius 2 is 2.15 bits per heavy atom. The molecule has 2 aromatic rings. The topological polar surface area (TPSA) is 46.0 Å². The number of anilines is 1. The number of ether oxygens (including phenoxy) is 1. The molecule has 2 aromatic carbocycles. The van der Waals surface area contributed by atoms with Crippen LogP contribution in [0.1, 0.15) is 5.56 Å². The third-order valence-electron chi connectivity index (χ3n) is 3.01. The zero-order valence-electron chi connectivity index (χ0n) is 10.8. The molecule has 1 N–H and O–H groups in total. The zero-order chi connectivity index (χ0) is 13.9. The summed E-state index contributed by atoms with van der Waals surface area (Å²) < 4.78 is 15.2. The van der Waals surface area contributed by atoms with Gasteiger partial charge in [-0.15, -0.1) is 0 Å². The molecule has 3 rings (SSSR count). The van der Waals surface area contributed by atoms with Crippen LogP contribution in [0.15, 0.2) is 48.8 Å². The van der Waals surface area contributed by atoms with Crippen LogP contribution < -0.4 is 10.1 Å². The second kappa shape index (κ2) is 5.95. The molecule has 0 saturated carbocycles. The first-order valence-corrected chi connectivity index (χ1v) is 8.38. The fourth-order valence-corrected chi connectivity index (χ4v) is 3.49. The minimum absolute atomic E-state index is 0.00331. The first-order chi connectivity index (χ1) is 9.78. The van der Waals surface area contributed by atoms with Gasteiger partial charge < -0.3 is 0 Å². The molecule has 0 unspecified atom stereocenters. The van der Waals surface area contributed by atoms with Crippen molar-refractivity contribution in [3.63, 3.8) is 0 Å². The molecule has 20 heavy (non-hydrogen) atoms. The van der Waals surface area contributed by atoms with Crippen LogP contribution in [0.5, 0.6) is 5.75 Å². The Balaban J connectivity index is 1.81. The molecule has 6 heteroatoms. The van der Waals surface area contributed by atoms with E-state index in [1.165, 1.54) is 0 Å². The van der Waals surface area contributed by atoms with E-state index < -0.39 is 0 Å². The summed E-state index contributed by atoms with van der Waals surface area (Å²) in [5.41, 5.74) is 4.13. The van der Waals surface area contributed by atoms with Crippen molar-refractivity contribution in [2.45, 2.75) is 6.54 Å². The van der Waals surface area contributed by atoms with Crippen LogP contribution in [0.4, 0.5) is 17.1 Å². The molecular formula is C14H12BrN3OSe. The van der Waals surface area contributed by atoms with Gasteiger partial charge in [-0.3, -0.25) is 0 Å². The van der Waals surface area contributed by atoms with Crippen molar-refractivity contribution < 1.29 is 4.74 Å². The molecule has 0 amide bonds. The van der Waals surface area contributed by atoms with Crippen molar-refractivity contribution in [2.24, 2.45) is 7.92 Å². The Morgan fingerprint density at radius 3 is 3.00 bits per heavy atom. The van der Waals surface area contributed by atoms with E-state index in [4.69, 9.17) is 4.74 Å². The monoisotopic (exact) mass is 397 g/mol. The second-order valence-electron chi connectivity index (χ2n) is 4.25. The quantitative estimate of drug-likeness (QED) is 0.663. The van der Waals surface area contributed by atoms with Crippen LogP contribution in [-0.4, -0.2) is 21.7 Å². The normalized spacial score (nSPS) is 11.9. The van der Waals surface area contributed by atoms with Crippen molar-refractivity contribution in [3.05, 3.63) is 46.4 Å². The molecule has 0 saturated heterocycles. The Kier molecular flexibility index (Phi) is 4.05. The van der Waals surface area contributed by atoms with E-state index in [1.54, 1.807) is 7.11 Å². The number of nitrogens with zero attached hydrogens (tertiary/aromatic N) is 2. The van der Waals surface area contributed by atoms with Gasteiger partial charge in [0.15, 0.2) is 0 Å². The van der Waals surface area contributed by atoms with E-state index in [-0.39, 0.29) is 14.6 Å². The van der Waals surface area contributed by atoms with Crippen LogP contribution in [-0.2, 0) is 6.54 Å². The summed E-state index contributed by atoms with van der Waals surface area (Å²) >= 11 is 3.56. The van der Waals surface area contributed by atoms with Gasteiger partial charge in [0.05, 0.1) is 0 Å². The summed E-state index contributed by atoms with van der Waals surface area (Å²) in [6.07, 6.45) is 0. The first kappa shape index (κ1) is 13.6. The Hall–Kier alpha value is -1.36. The molecule has 0 bridgehead atoms. The average molecular weight is 397 g/mol. The third kappa shape index (κ3) is 2.73. The van der Waals surface area contributed by atoms with Crippen LogP contribution in [0.3, 0.4) is 0 Å². The molecular weight excluding hydrogens is 385 g/mol. The van der Waals surface area contributed by atoms with Crippen molar-refractivity contribution in [2.75, 3.05) is 12.4 Å². The maximum absolute atomic E-state index is 5.26. The first-order valence-electron chi connectivity index (χ1n) is 6.05. The van der Waals surface area contributed by atoms with E-state index in [1.807, 2.05) is 36.4 Å². The number of benzene rings is 2. The molecule has 0 atom stereocenters. The average Bonchev–Trinajstić information content (AvgIpc) is 2.95. The fourth-order valence-electron chi connectivity index (χ4n) is 1.95. The summed E-state index contributed by atoms with van der Waals surface area (Å²) in [6.45, 7) is 0.705. The van der Waals surface area contributed by atoms with E-state index >= 15 is 0 Å². The summed E-state index contributed by atoms with van der Waals surface area (Å²) in [6, 6.07) is 12.0. The van der Waals surface area contributed by atoms with Gasteiger partial charge in [0.2, 0.25) is 0 Å². The van der Waals surface area contributed by atoms with Gasteiger partial charge in [-0.1, -0.05) is 0 Å². The molecule has 0 aliphatic carbocycles. The number of hydrogen-bond acceptors (Lipinski definition) is 4. The van der Waals surface area contributed by atoms with Gasteiger partial charge in [-0.25, -0.2) is 0 Å². The number of nitrogens with one attached hydrogen (secondary N) is 1. The van der Waals surface area contributed by atoms with E-state index in [2.05, 4.69) is 29.2 Å². The third-order valence-corrected chi connectivity index (χ3v) is 4.92. The Labute approximate surface area is 131 Å². The van der Waals surface area contributed by atoms with Gasteiger partial charge in [0, 0.05) is 0 Å². The minimum atomic E-state index is -0.00331. The van der Waals surface area contributed by atoms with Gasteiger partial charge in [0.1, 0.15) is 0 Å². The molecule has 102 valence electrons. The molecule has 1 heterocycles. The van der Waals surface area contributed by atoms with Gasteiger partial charge in [0.25, 0.3) is 0 Å². The number of methoxy groups -OCH3 is 1. The predicted molar refractivity (Wildman–Crippen MR) is 84.4 cm³/mol. The van der Waals surface area contributed by atoms with Crippen molar-refractivity contribution in [1.82, 2.24) is 0 Å². The molecule has 4 nitrogen and oxygen atoms in total. The van der Waals surface area contributed by atoms with Gasteiger partial charge in [-0.2, -0.15) is 0 Å². The standard InChI is InChI=1S/C14H12BrN3OSe/c1-19-10-5-6-11(15)9(7-10)8-16-12-3-2-4-13-14(12)18-20-17-13/h2-7,16H,8H2,1H3. The summed E-state index contributed by atoms with van der Waals surface area (Å²) in [5.74, 6) is 0.853. The SMILES string of the molecule is COc1ccc(Br)c(CNc2cccc3c2N=[Se]=N3)c1. The van der Waals surface area contributed by atoms with Crippen LogP contribution in [0.2, 0.25) is 0 Å². The van der Waals surface area contributed by atoms with Crippen molar-refractivity contribution >= 4 is 47.6 Å². The van der Waals surface area contributed by atoms with Crippen molar-refractivity contribution in [3.8, 4) is 5.75 Å². The Morgan fingerprint density at radius 1 is 1.25 bits per heavy atom. The summed E-state index contributed by atoms with van der Waals surface area (Å²) in [5, 5.41) is 3.42. The summed E-state index contributed by atoms with van der Waals surface area (Å²) in [7, 11) is 1.67. The maximum atomic E-state index is 5.26. The predicted octanol–water partition coefficient (Wildman–Crippen LogP) is 4.42. The van der Waals surface area contributed by atoms with Gasteiger partial charge >= 0.3 is 131 Å².